The number of rotatable bonds is 7. The Bertz CT molecular complexity index is 978. The molecule has 1 N–H and O–H groups in total. The fraction of sp³-hybridized carbons (Fsp3) is 0.316. The van der Waals surface area contributed by atoms with Crippen molar-refractivity contribution < 1.29 is 22.7 Å². The smallest absolute Gasteiger partial charge is 0.247 e. The van der Waals surface area contributed by atoms with Crippen LogP contribution in [-0.2, 0) is 14.8 Å². The van der Waals surface area contributed by atoms with Crippen LogP contribution < -0.4 is 19.1 Å². The average molecular weight is 427 g/mol. The molecule has 0 aliphatic heterocycles. The Morgan fingerprint density at radius 3 is 2.29 bits per heavy atom. The van der Waals surface area contributed by atoms with E-state index >= 15 is 0 Å². The monoisotopic (exact) mass is 426 g/mol. The number of sulfonamides is 1. The molecule has 0 unspecified atom stereocenters. The number of hydrogen-bond donors (Lipinski definition) is 1. The van der Waals surface area contributed by atoms with Crippen molar-refractivity contribution in [1.82, 2.24) is 0 Å². The van der Waals surface area contributed by atoms with Gasteiger partial charge in [-0.15, -0.1) is 0 Å². The van der Waals surface area contributed by atoms with Crippen molar-refractivity contribution in [2.24, 2.45) is 0 Å². The minimum atomic E-state index is -3.76. The molecule has 0 fully saturated rings. The van der Waals surface area contributed by atoms with E-state index in [-0.39, 0.29) is 5.69 Å². The molecule has 0 aliphatic carbocycles. The molecule has 152 valence electrons. The van der Waals surface area contributed by atoms with Gasteiger partial charge in [-0.2, -0.15) is 0 Å². The third kappa shape index (κ3) is 4.88. The second-order valence-electron chi connectivity index (χ2n) is 6.23. The summed E-state index contributed by atoms with van der Waals surface area (Å²) in [7, 11) is -0.835. The number of nitrogens with zero attached hydrogens (tertiary/aromatic N) is 1. The summed E-state index contributed by atoms with van der Waals surface area (Å²) >= 11 is 6.09. The van der Waals surface area contributed by atoms with Gasteiger partial charge in [0, 0.05) is 16.8 Å². The van der Waals surface area contributed by atoms with Crippen LogP contribution in [0.5, 0.6) is 11.5 Å². The molecule has 2 aromatic rings. The molecule has 0 spiro atoms. The first kappa shape index (κ1) is 21.8. The van der Waals surface area contributed by atoms with Crippen molar-refractivity contribution in [3.63, 3.8) is 0 Å². The number of halogens is 1. The lowest BCUT2D eigenvalue weighted by Gasteiger charge is -2.28. The van der Waals surface area contributed by atoms with Gasteiger partial charge in [0.25, 0.3) is 0 Å². The molecule has 0 saturated heterocycles. The summed E-state index contributed by atoms with van der Waals surface area (Å²) in [5.74, 6) is 0.304. The fourth-order valence-corrected chi connectivity index (χ4v) is 4.04. The summed E-state index contributed by atoms with van der Waals surface area (Å²) in [6.07, 6.45) is 1.04. The van der Waals surface area contributed by atoms with Crippen LogP contribution in [0.25, 0.3) is 0 Å². The van der Waals surface area contributed by atoms with Crippen LogP contribution in [0.4, 0.5) is 11.4 Å². The number of aryl methyl sites for hydroxylation is 1. The Kier molecular flexibility index (Phi) is 6.79. The van der Waals surface area contributed by atoms with Crippen molar-refractivity contribution in [2.75, 3.05) is 30.1 Å². The number of ether oxygens (including phenoxy) is 2. The van der Waals surface area contributed by atoms with Crippen LogP contribution in [0.3, 0.4) is 0 Å². The van der Waals surface area contributed by atoms with Crippen LogP contribution in [-0.4, -0.2) is 40.8 Å². The third-order valence-corrected chi connectivity index (χ3v) is 5.80. The van der Waals surface area contributed by atoms with Crippen LogP contribution in [0.1, 0.15) is 12.5 Å². The van der Waals surface area contributed by atoms with Crippen LogP contribution >= 0.6 is 11.6 Å². The first-order valence-electron chi connectivity index (χ1n) is 8.37. The van der Waals surface area contributed by atoms with Gasteiger partial charge in [0.15, 0.2) is 11.5 Å². The fourth-order valence-electron chi connectivity index (χ4n) is 2.69. The van der Waals surface area contributed by atoms with Gasteiger partial charge in [0.1, 0.15) is 6.04 Å². The molecule has 0 bridgehead atoms. The number of amides is 1. The SMILES string of the molecule is COc1ccc(N([C@@H](C)C(=O)Nc2ccc(C)c(Cl)c2)S(C)(=O)=O)cc1OC. The molecule has 9 heteroatoms. The van der Waals surface area contributed by atoms with E-state index in [0.717, 1.165) is 16.1 Å². The summed E-state index contributed by atoms with van der Waals surface area (Å²) in [4.78, 5) is 12.7. The number of carbonyl (C=O) groups is 1. The molecular formula is C19H23ClN2O5S. The van der Waals surface area contributed by atoms with Gasteiger partial charge >= 0.3 is 0 Å². The standard InChI is InChI=1S/C19H23ClN2O5S/c1-12-6-7-14(10-16(12)20)21-19(23)13(2)22(28(5,24)25)15-8-9-17(26-3)18(11-15)27-4/h6-11,13H,1-5H3,(H,21,23)/t13-/m0/s1. The predicted octanol–water partition coefficient (Wildman–Crippen LogP) is 3.46. The molecule has 0 saturated carbocycles. The van der Waals surface area contributed by atoms with E-state index in [1.54, 1.807) is 30.3 Å². The van der Waals surface area contributed by atoms with Gasteiger partial charge in [-0.1, -0.05) is 17.7 Å². The molecule has 2 rings (SSSR count). The first-order chi connectivity index (χ1) is 13.1. The highest BCUT2D eigenvalue weighted by atomic mass is 35.5. The summed E-state index contributed by atoms with van der Waals surface area (Å²) in [5, 5.41) is 3.20. The Labute approximate surface area is 170 Å². The second kappa shape index (κ2) is 8.70. The first-order valence-corrected chi connectivity index (χ1v) is 10.6. The van der Waals surface area contributed by atoms with Crippen molar-refractivity contribution in [2.45, 2.75) is 19.9 Å². The zero-order chi connectivity index (χ0) is 21.1. The Morgan fingerprint density at radius 2 is 1.75 bits per heavy atom. The van der Waals surface area contributed by atoms with Gasteiger partial charge in [-0.05, 0) is 43.7 Å². The number of hydrogen-bond acceptors (Lipinski definition) is 5. The molecule has 2 aromatic carbocycles. The van der Waals surface area contributed by atoms with Crippen LogP contribution in [0.15, 0.2) is 36.4 Å². The maximum atomic E-state index is 12.7. The number of methoxy groups -OCH3 is 2. The highest BCUT2D eigenvalue weighted by Gasteiger charge is 2.30. The lowest BCUT2D eigenvalue weighted by molar-refractivity contribution is -0.116. The summed E-state index contributed by atoms with van der Waals surface area (Å²) in [6.45, 7) is 3.35. The number of carbonyl (C=O) groups excluding carboxylic acids is 1. The predicted molar refractivity (Wildman–Crippen MR) is 111 cm³/mol. The quantitative estimate of drug-likeness (QED) is 0.732. The normalized spacial score (nSPS) is 12.2. The molecule has 28 heavy (non-hydrogen) atoms. The molecule has 0 aromatic heterocycles. The highest BCUT2D eigenvalue weighted by Crippen LogP contribution is 2.33. The minimum absolute atomic E-state index is 0.282. The number of nitrogens with one attached hydrogen (secondary N) is 1. The van der Waals surface area contributed by atoms with Crippen LogP contribution in [0.2, 0.25) is 5.02 Å². The largest absolute Gasteiger partial charge is 0.493 e. The van der Waals surface area contributed by atoms with Gasteiger partial charge in [0.05, 0.1) is 26.2 Å². The van der Waals surface area contributed by atoms with E-state index in [4.69, 9.17) is 21.1 Å². The lowest BCUT2D eigenvalue weighted by atomic mass is 10.2. The summed E-state index contributed by atoms with van der Waals surface area (Å²) in [6, 6.07) is 8.70. The third-order valence-electron chi connectivity index (χ3n) is 4.15. The van der Waals surface area contributed by atoms with Crippen molar-refractivity contribution in [1.29, 1.82) is 0 Å². The van der Waals surface area contributed by atoms with E-state index in [1.807, 2.05) is 6.92 Å². The summed E-state index contributed by atoms with van der Waals surface area (Å²) in [5.41, 5.74) is 1.63. The highest BCUT2D eigenvalue weighted by molar-refractivity contribution is 7.92. The zero-order valence-electron chi connectivity index (χ0n) is 16.3. The van der Waals surface area contributed by atoms with E-state index in [1.165, 1.54) is 27.2 Å². The minimum Gasteiger partial charge on any atom is -0.493 e. The van der Waals surface area contributed by atoms with Gasteiger partial charge < -0.3 is 14.8 Å². The van der Waals surface area contributed by atoms with Crippen LogP contribution in [0, 0.1) is 6.92 Å². The van der Waals surface area contributed by atoms with Gasteiger partial charge in [-0.25, -0.2) is 8.42 Å². The second-order valence-corrected chi connectivity index (χ2v) is 8.49. The molecule has 1 amide bonds. The van der Waals surface area contributed by atoms with Gasteiger partial charge in [-0.3, -0.25) is 9.10 Å². The van der Waals surface area contributed by atoms with Gasteiger partial charge in [0.2, 0.25) is 15.9 Å². The maximum Gasteiger partial charge on any atom is 0.247 e. The summed E-state index contributed by atoms with van der Waals surface area (Å²) < 4.78 is 36.3. The van der Waals surface area contributed by atoms with Crippen molar-refractivity contribution >= 4 is 38.9 Å². The molecule has 0 radical (unpaired) electrons. The zero-order valence-corrected chi connectivity index (χ0v) is 17.9. The maximum absolute atomic E-state index is 12.7. The van der Waals surface area contributed by atoms with E-state index < -0.39 is 22.0 Å². The molecule has 0 aliphatic rings. The van der Waals surface area contributed by atoms with Crippen molar-refractivity contribution in [3.05, 3.63) is 47.0 Å². The topological polar surface area (TPSA) is 84.9 Å². The average Bonchev–Trinajstić information content (AvgIpc) is 2.63. The van der Waals surface area contributed by atoms with E-state index in [2.05, 4.69) is 5.32 Å². The molecule has 0 heterocycles. The van der Waals surface area contributed by atoms with E-state index in [9.17, 15) is 13.2 Å². The van der Waals surface area contributed by atoms with E-state index in [0.29, 0.717) is 22.2 Å². The Hall–Kier alpha value is -2.45. The molecule has 1 atom stereocenters. The molecule has 7 nitrogen and oxygen atoms in total. The molecular weight excluding hydrogens is 404 g/mol. The van der Waals surface area contributed by atoms with Crippen molar-refractivity contribution in [3.8, 4) is 11.5 Å². The Morgan fingerprint density at radius 1 is 1.11 bits per heavy atom. The number of anilines is 2. The number of benzene rings is 2. The Balaban J connectivity index is 2.37. The lowest BCUT2D eigenvalue weighted by Crippen LogP contribution is -2.45.